The molecule has 1 amide bonds. The summed E-state index contributed by atoms with van der Waals surface area (Å²) in [6.07, 6.45) is 0.960. The molecule has 1 atom stereocenters. The van der Waals surface area contributed by atoms with Gasteiger partial charge < -0.3 is 5.32 Å². The van der Waals surface area contributed by atoms with Crippen molar-refractivity contribution in [2.24, 2.45) is 0 Å². The SMILES string of the molecule is CCC(CC(=O)NCCS(=O)(=O)Nc1ccccc1)c1ccc(F)cc1. The van der Waals surface area contributed by atoms with E-state index in [1.165, 1.54) is 12.1 Å². The molecule has 1 unspecified atom stereocenters. The van der Waals surface area contributed by atoms with Gasteiger partial charge in [0.1, 0.15) is 5.82 Å². The van der Waals surface area contributed by atoms with Crippen molar-refractivity contribution in [2.75, 3.05) is 17.0 Å². The van der Waals surface area contributed by atoms with Crippen LogP contribution in [0.2, 0.25) is 0 Å². The minimum absolute atomic E-state index is 0.0286. The zero-order valence-corrected chi connectivity index (χ0v) is 15.4. The largest absolute Gasteiger partial charge is 0.355 e. The van der Waals surface area contributed by atoms with Crippen LogP contribution >= 0.6 is 0 Å². The van der Waals surface area contributed by atoms with Crippen molar-refractivity contribution >= 4 is 21.6 Å². The summed E-state index contributed by atoms with van der Waals surface area (Å²) >= 11 is 0. The molecule has 0 saturated carbocycles. The van der Waals surface area contributed by atoms with Gasteiger partial charge in [-0.05, 0) is 42.2 Å². The molecule has 7 heteroatoms. The molecule has 26 heavy (non-hydrogen) atoms. The second kappa shape index (κ2) is 9.33. The van der Waals surface area contributed by atoms with Crippen LogP contribution in [0.4, 0.5) is 10.1 Å². The first-order chi connectivity index (χ1) is 12.4. The van der Waals surface area contributed by atoms with E-state index in [1.54, 1.807) is 42.5 Å². The van der Waals surface area contributed by atoms with Crippen molar-refractivity contribution in [1.82, 2.24) is 5.32 Å². The fourth-order valence-corrected chi connectivity index (χ4v) is 3.56. The van der Waals surface area contributed by atoms with Crippen LogP contribution < -0.4 is 10.0 Å². The van der Waals surface area contributed by atoms with Gasteiger partial charge in [-0.2, -0.15) is 0 Å². The molecule has 0 heterocycles. The number of halogens is 1. The third-order valence-electron chi connectivity index (χ3n) is 4.01. The Morgan fingerprint density at radius 1 is 1.08 bits per heavy atom. The van der Waals surface area contributed by atoms with Crippen LogP contribution in [0.25, 0.3) is 0 Å². The van der Waals surface area contributed by atoms with E-state index in [0.29, 0.717) is 5.69 Å². The van der Waals surface area contributed by atoms with Gasteiger partial charge in [0.25, 0.3) is 0 Å². The molecule has 0 saturated heterocycles. The quantitative estimate of drug-likeness (QED) is 0.703. The fraction of sp³-hybridized carbons (Fsp3) is 0.316. The zero-order chi connectivity index (χ0) is 19.0. The molecular formula is C19H23FN2O3S. The van der Waals surface area contributed by atoms with Crippen molar-refractivity contribution < 1.29 is 17.6 Å². The number of para-hydroxylation sites is 1. The Balaban J connectivity index is 1.81. The van der Waals surface area contributed by atoms with E-state index < -0.39 is 10.0 Å². The fourth-order valence-electron chi connectivity index (χ4n) is 2.59. The molecule has 0 aromatic heterocycles. The molecule has 2 rings (SSSR count). The average Bonchev–Trinajstić information content (AvgIpc) is 2.61. The van der Waals surface area contributed by atoms with Gasteiger partial charge in [0, 0.05) is 18.7 Å². The maximum absolute atomic E-state index is 13.0. The van der Waals surface area contributed by atoms with Gasteiger partial charge in [0.05, 0.1) is 5.75 Å². The maximum Gasteiger partial charge on any atom is 0.234 e. The van der Waals surface area contributed by atoms with Crippen molar-refractivity contribution in [2.45, 2.75) is 25.7 Å². The van der Waals surface area contributed by atoms with Crippen molar-refractivity contribution in [3.8, 4) is 0 Å². The smallest absolute Gasteiger partial charge is 0.234 e. The van der Waals surface area contributed by atoms with Gasteiger partial charge in [-0.1, -0.05) is 37.3 Å². The van der Waals surface area contributed by atoms with Gasteiger partial charge in [0.2, 0.25) is 15.9 Å². The molecule has 0 radical (unpaired) electrons. The number of hydrogen-bond acceptors (Lipinski definition) is 3. The second-order valence-electron chi connectivity index (χ2n) is 6.00. The molecule has 2 aromatic rings. The van der Waals surface area contributed by atoms with Crippen LogP contribution in [0, 0.1) is 5.82 Å². The highest BCUT2D eigenvalue weighted by Gasteiger charge is 2.16. The third kappa shape index (κ3) is 6.48. The van der Waals surface area contributed by atoms with Crippen molar-refractivity contribution in [1.29, 1.82) is 0 Å². The van der Waals surface area contributed by atoms with Crippen LogP contribution in [-0.4, -0.2) is 26.6 Å². The molecule has 5 nitrogen and oxygen atoms in total. The van der Waals surface area contributed by atoms with E-state index in [0.717, 1.165) is 12.0 Å². The Kier molecular flexibility index (Phi) is 7.15. The summed E-state index contributed by atoms with van der Waals surface area (Å²) in [6, 6.07) is 14.7. The van der Waals surface area contributed by atoms with Crippen LogP contribution in [-0.2, 0) is 14.8 Å². The summed E-state index contributed by atoms with van der Waals surface area (Å²) in [5, 5.41) is 2.64. The normalized spacial score (nSPS) is 12.4. The van der Waals surface area contributed by atoms with Crippen LogP contribution in [0.1, 0.15) is 31.2 Å². The van der Waals surface area contributed by atoms with Crippen LogP contribution in [0.3, 0.4) is 0 Å². The predicted octanol–water partition coefficient (Wildman–Crippen LogP) is 3.27. The predicted molar refractivity (Wildman–Crippen MR) is 101 cm³/mol. The van der Waals surface area contributed by atoms with Gasteiger partial charge in [-0.3, -0.25) is 9.52 Å². The summed E-state index contributed by atoms with van der Waals surface area (Å²) in [7, 11) is -3.53. The first-order valence-corrected chi connectivity index (χ1v) is 10.1. The lowest BCUT2D eigenvalue weighted by molar-refractivity contribution is -0.121. The molecule has 0 fully saturated rings. The lowest BCUT2D eigenvalue weighted by Gasteiger charge is -2.15. The topological polar surface area (TPSA) is 75.3 Å². The van der Waals surface area contributed by atoms with Crippen molar-refractivity contribution in [3.63, 3.8) is 0 Å². The summed E-state index contributed by atoms with van der Waals surface area (Å²) in [6.45, 7) is 1.98. The molecule has 0 aliphatic carbocycles. The molecule has 2 N–H and O–H groups in total. The summed E-state index contributed by atoms with van der Waals surface area (Å²) in [4.78, 5) is 12.1. The minimum Gasteiger partial charge on any atom is -0.355 e. The Labute approximate surface area is 153 Å². The molecule has 140 valence electrons. The lowest BCUT2D eigenvalue weighted by atomic mass is 9.93. The van der Waals surface area contributed by atoms with E-state index in [2.05, 4.69) is 10.0 Å². The van der Waals surface area contributed by atoms with E-state index in [9.17, 15) is 17.6 Å². The highest BCUT2D eigenvalue weighted by Crippen LogP contribution is 2.23. The number of carbonyl (C=O) groups is 1. The van der Waals surface area contributed by atoms with E-state index >= 15 is 0 Å². The van der Waals surface area contributed by atoms with Crippen LogP contribution in [0.5, 0.6) is 0 Å². The highest BCUT2D eigenvalue weighted by atomic mass is 32.2. The average molecular weight is 378 g/mol. The molecular weight excluding hydrogens is 355 g/mol. The van der Waals surface area contributed by atoms with E-state index in [1.807, 2.05) is 6.92 Å². The standard InChI is InChI=1S/C19H23FN2O3S/c1-2-15(16-8-10-17(20)11-9-16)14-19(23)21-12-13-26(24,25)22-18-6-4-3-5-7-18/h3-11,15,22H,2,12-14H2,1H3,(H,21,23). The number of amides is 1. The Hall–Kier alpha value is -2.41. The number of hydrogen-bond donors (Lipinski definition) is 2. The van der Waals surface area contributed by atoms with Gasteiger partial charge in [-0.25, -0.2) is 12.8 Å². The number of rotatable bonds is 9. The molecule has 2 aromatic carbocycles. The van der Waals surface area contributed by atoms with E-state index in [-0.39, 0.29) is 36.4 Å². The number of nitrogens with one attached hydrogen (secondary N) is 2. The first kappa shape index (κ1) is 19.9. The molecule has 0 aliphatic heterocycles. The summed E-state index contributed by atoms with van der Waals surface area (Å²) < 4.78 is 39.5. The maximum atomic E-state index is 13.0. The van der Waals surface area contributed by atoms with Gasteiger partial charge in [-0.15, -0.1) is 0 Å². The first-order valence-electron chi connectivity index (χ1n) is 8.47. The Morgan fingerprint density at radius 3 is 2.35 bits per heavy atom. The number of anilines is 1. The molecule has 0 aliphatic rings. The van der Waals surface area contributed by atoms with Gasteiger partial charge in [0.15, 0.2) is 0 Å². The minimum atomic E-state index is -3.53. The van der Waals surface area contributed by atoms with Crippen molar-refractivity contribution in [3.05, 3.63) is 66.0 Å². The monoisotopic (exact) mass is 378 g/mol. The molecule has 0 bridgehead atoms. The Bertz CT molecular complexity index is 808. The second-order valence-corrected chi connectivity index (χ2v) is 7.84. The number of benzene rings is 2. The number of carbonyl (C=O) groups excluding carboxylic acids is 1. The van der Waals surface area contributed by atoms with Crippen LogP contribution in [0.15, 0.2) is 54.6 Å². The zero-order valence-electron chi connectivity index (χ0n) is 14.6. The van der Waals surface area contributed by atoms with Gasteiger partial charge >= 0.3 is 0 Å². The van der Waals surface area contributed by atoms with E-state index in [4.69, 9.17) is 0 Å². The Morgan fingerprint density at radius 2 is 1.73 bits per heavy atom. The number of sulfonamides is 1. The highest BCUT2D eigenvalue weighted by molar-refractivity contribution is 7.92. The summed E-state index contributed by atoms with van der Waals surface area (Å²) in [5.74, 6) is -0.782. The third-order valence-corrected chi connectivity index (χ3v) is 5.29. The molecule has 0 spiro atoms. The lowest BCUT2D eigenvalue weighted by Crippen LogP contribution is -2.31. The summed E-state index contributed by atoms with van der Waals surface area (Å²) in [5.41, 5.74) is 1.38.